The average Bonchev–Trinajstić information content (AvgIpc) is 3.22. The number of hydrogen-bond donors (Lipinski definition) is 0. The van der Waals surface area contributed by atoms with Crippen LogP contribution in [-0.2, 0) is 19.7 Å². The molecule has 2 saturated carbocycles. The van der Waals surface area contributed by atoms with Crippen molar-refractivity contribution in [3.63, 3.8) is 0 Å². The molecule has 0 amide bonds. The molecular formula is C27H40FNO3. The van der Waals surface area contributed by atoms with Gasteiger partial charge in [0.05, 0.1) is 13.2 Å². The number of esters is 1. The molecule has 32 heavy (non-hydrogen) atoms. The van der Waals surface area contributed by atoms with Gasteiger partial charge in [-0.05, 0) is 100 Å². The van der Waals surface area contributed by atoms with Crippen LogP contribution in [0.1, 0.15) is 70.3 Å². The number of ether oxygens (including phenoxy) is 2. The zero-order valence-corrected chi connectivity index (χ0v) is 19.9. The van der Waals surface area contributed by atoms with Gasteiger partial charge in [-0.2, -0.15) is 0 Å². The first-order chi connectivity index (χ1) is 15.6. The molecule has 1 aliphatic heterocycles. The first-order valence-corrected chi connectivity index (χ1v) is 12.7. The second kappa shape index (κ2) is 10.6. The lowest BCUT2D eigenvalue weighted by atomic mass is 9.55. The Balaban J connectivity index is 1.73. The smallest absolute Gasteiger partial charge is 0.305 e. The summed E-state index contributed by atoms with van der Waals surface area (Å²) in [4.78, 5) is 14.9. The minimum Gasteiger partial charge on any atom is -0.469 e. The van der Waals surface area contributed by atoms with Gasteiger partial charge in [-0.1, -0.05) is 18.6 Å². The minimum absolute atomic E-state index is 0.112. The Hall–Kier alpha value is -1.46. The summed E-state index contributed by atoms with van der Waals surface area (Å²) in [5.74, 6) is 0.888. The van der Waals surface area contributed by atoms with Crippen molar-refractivity contribution in [2.24, 2.45) is 17.8 Å². The van der Waals surface area contributed by atoms with Crippen LogP contribution in [0, 0.1) is 23.6 Å². The lowest BCUT2D eigenvalue weighted by Gasteiger charge is -2.53. The van der Waals surface area contributed by atoms with Gasteiger partial charge < -0.3 is 14.4 Å². The van der Waals surface area contributed by atoms with E-state index in [9.17, 15) is 9.18 Å². The van der Waals surface area contributed by atoms with Gasteiger partial charge in [0, 0.05) is 25.0 Å². The van der Waals surface area contributed by atoms with Gasteiger partial charge in [0.15, 0.2) is 0 Å². The second-order valence-corrected chi connectivity index (χ2v) is 10.2. The highest BCUT2D eigenvalue weighted by Crippen LogP contribution is 2.55. The van der Waals surface area contributed by atoms with Gasteiger partial charge in [0.1, 0.15) is 5.82 Å². The normalized spacial score (nSPS) is 30.5. The maximum atomic E-state index is 14.6. The highest BCUT2D eigenvalue weighted by molar-refractivity contribution is 5.69. The highest BCUT2D eigenvalue weighted by Gasteiger charge is 2.52. The zero-order valence-electron chi connectivity index (χ0n) is 19.9. The third-order valence-corrected chi connectivity index (χ3v) is 8.58. The maximum Gasteiger partial charge on any atom is 0.305 e. The predicted molar refractivity (Wildman–Crippen MR) is 124 cm³/mol. The largest absolute Gasteiger partial charge is 0.469 e. The SMILES string of the molecule is CCOC1CCC(C(CN2CCC2)(c2cccc(F)c2)[C@H]2CCC[C@@H]2CC(=O)OC)CC1. The van der Waals surface area contributed by atoms with Crippen LogP contribution in [0.25, 0.3) is 0 Å². The molecule has 1 aromatic rings. The molecule has 3 aliphatic rings. The molecule has 3 atom stereocenters. The summed E-state index contributed by atoms with van der Waals surface area (Å²) >= 11 is 0. The Bertz CT molecular complexity index is 759. The van der Waals surface area contributed by atoms with Crippen LogP contribution >= 0.6 is 0 Å². The molecule has 0 spiro atoms. The molecule has 4 rings (SSSR count). The molecule has 1 saturated heterocycles. The Morgan fingerprint density at radius 3 is 2.53 bits per heavy atom. The number of halogens is 1. The van der Waals surface area contributed by atoms with Crippen molar-refractivity contribution in [3.05, 3.63) is 35.6 Å². The molecule has 1 heterocycles. The molecule has 5 heteroatoms. The molecule has 1 aromatic carbocycles. The topological polar surface area (TPSA) is 38.8 Å². The standard InChI is InChI=1S/C27H40FNO3/c1-3-32-24-13-11-21(12-14-24)27(19-29-15-6-16-29,22-8-5-9-23(28)18-22)25-10-4-7-20(25)17-26(30)31-2/h5,8-9,18,20-21,24-25H,3-4,6-7,10-17,19H2,1-2H3/t20-,21?,24?,25+,27?/m1/s1. The molecule has 0 N–H and O–H groups in total. The fourth-order valence-corrected chi connectivity index (χ4v) is 7.02. The number of nitrogens with zero attached hydrogens (tertiary/aromatic N) is 1. The van der Waals surface area contributed by atoms with E-state index in [2.05, 4.69) is 17.9 Å². The van der Waals surface area contributed by atoms with E-state index in [1.54, 1.807) is 12.1 Å². The van der Waals surface area contributed by atoms with Crippen molar-refractivity contribution in [1.29, 1.82) is 0 Å². The van der Waals surface area contributed by atoms with Gasteiger partial charge in [-0.25, -0.2) is 4.39 Å². The number of carbonyl (C=O) groups is 1. The van der Waals surface area contributed by atoms with Crippen LogP contribution in [0.5, 0.6) is 0 Å². The molecule has 4 nitrogen and oxygen atoms in total. The quantitative estimate of drug-likeness (QED) is 0.481. The van der Waals surface area contributed by atoms with E-state index in [-0.39, 0.29) is 17.2 Å². The van der Waals surface area contributed by atoms with Crippen LogP contribution in [0.15, 0.2) is 24.3 Å². The van der Waals surface area contributed by atoms with E-state index in [4.69, 9.17) is 9.47 Å². The van der Waals surface area contributed by atoms with Crippen LogP contribution in [0.4, 0.5) is 4.39 Å². The van der Waals surface area contributed by atoms with Crippen molar-refractivity contribution in [2.45, 2.75) is 76.2 Å². The molecule has 0 bridgehead atoms. The van der Waals surface area contributed by atoms with Gasteiger partial charge in [0.25, 0.3) is 0 Å². The van der Waals surface area contributed by atoms with Crippen LogP contribution in [0.2, 0.25) is 0 Å². The highest BCUT2D eigenvalue weighted by atomic mass is 19.1. The summed E-state index contributed by atoms with van der Waals surface area (Å²) in [6, 6.07) is 7.39. The Kier molecular flexibility index (Phi) is 7.88. The lowest BCUT2D eigenvalue weighted by Crippen LogP contribution is -2.56. The van der Waals surface area contributed by atoms with Crippen molar-refractivity contribution in [3.8, 4) is 0 Å². The Labute approximate surface area is 192 Å². The Morgan fingerprint density at radius 2 is 1.91 bits per heavy atom. The number of carbonyl (C=O) groups excluding carboxylic acids is 1. The van der Waals surface area contributed by atoms with Crippen LogP contribution in [0.3, 0.4) is 0 Å². The Morgan fingerprint density at radius 1 is 1.12 bits per heavy atom. The number of rotatable bonds is 9. The fourth-order valence-electron chi connectivity index (χ4n) is 7.02. The van der Waals surface area contributed by atoms with E-state index >= 15 is 0 Å². The van der Waals surface area contributed by atoms with Gasteiger partial charge in [0.2, 0.25) is 0 Å². The van der Waals surface area contributed by atoms with Crippen molar-refractivity contribution in [1.82, 2.24) is 4.90 Å². The third-order valence-electron chi connectivity index (χ3n) is 8.58. The van der Waals surface area contributed by atoms with Crippen molar-refractivity contribution >= 4 is 5.97 Å². The number of hydrogen-bond acceptors (Lipinski definition) is 4. The van der Waals surface area contributed by atoms with Crippen molar-refractivity contribution in [2.75, 3.05) is 33.4 Å². The van der Waals surface area contributed by atoms with E-state index in [0.29, 0.717) is 30.3 Å². The lowest BCUT2D eigenvalue weighted by molar-refractivity contribution is -0.142. The van der Waals surface area contributed by atoms with E-state index in [1.807, 2.05) is 6.07 Å². The van der Waals surface area contributed by atoms with E-state index in [1.165, 1.54) is 13.5 Å². The molecule has 0 radical (unpaired) electrons. The zero-order chi connectivity index (χ0) is 22.6. The first kappa shape index (κ1) is 23.7. The third kappa shape index (κ3) is 4.89. The summed E-state index contributed by atoms with van der Waals surface area (Å²) in [5.41, 5.74) is 1.01. The van der Waals surface area contributed by atoms with Gasteiger partial charge in [-0.15, -0.1) is 0 Å². The summed E-state index contributed by atoms with van der Waals surface area (Å²) in [7, 11) is 1.49. The molecule has 3 fully saturated rings. The van der Waals surface area contributed by atoms with E-state index in [0.717, 1.165) is 76.8 Å². The predicted octanol–water partition coefficient (Wildman–Crippen LogP) is 5.34. The molecule has 2 aliphatic carbocycles. The van der Waals surface area contributed by atoms with E-state index < -0.39 is 0 Å². The van der Waals surface area contributed by atoms with Gasteiger partial charge >= 0.3 is 5.97 Å². The summed E-state index contributed by atoms with van der Waals surface area (Å²) in [6.07, 6.45) is 9.74. The molecule has 1 unspecified atom stereocenters. The van der Waals surface area contributed by atoms with Gasteiger partial charge in [-0.3, -0.25) is 4.79 Å². The van der Waals surface area contributed by atoms with Crippen molar-refractivity contribution < 1.29 is 18.7 Å². The molecular weight excluding hydrogens is 405 g/mol. The maximum absolute atomic E-state index is 14.6. The monoisotopic (exact) mass is 445 g/mol. The molecule has 178 valence electrons. The average molecular weight is 446 g/mol. The first-order valence-electron chi connectivity index (χ1n) is 12.7. The molecule has 0 aromatic heterocycles. The summed E-state index contributed by atoms with van der Waals surface area (Å²) in [5, 5.41) is 0. The van der Waals surface area contributed by atoms with Crippen LogP contribution < -0.4 is 0 Å². The second-order valence-electron chi connectivity index (χ2n) is 10.2. The summed E-state index contributed by atoms with van der Waals surface area (Å²) in [6.45, 7) is 6.06. The number of benzene rings is 1. The summed E-state index contributed by atoms with van der Waals surface area (Å²) < 4.78 is 25.6. The van der Waals surface area contributed by atoms with Crippen LogP contribution in [-0.4, -0.2) is 50.3 Å². The minimum atomic E-state index is -0.152. The fraction of sp³-hybridized carbons (Fsp3) is 0.741. The number of likely N-dealkylation sites (tertiary alicyclic amines) is 1. The number of methoxy groups -OCH3 is 1.